The van der Waals surface area contributed by atoms with Crippen LogP contribution in [0.1, 0.15) is 24.2 Å². The molecule has 0 aliphatic carbocycles. The molecule has 1 atom stereocenters. The minimum Gasteiger partial charge on any atom is -0.324 e. The maximum Gasteiger partial charge on any atom is 0.192 e. The Morgan fingerprint density at radius 2 is 2.11 bits per heavy atom. The van der Waals surface area contributed by atoms with Crippen molar-refractivity contribution in [3.63, 3.8) is 0 Å². The molecule has 2 rings (SSSR count). The first-order valence-electron chi connectivity index (χ1n) is 5.59. The zero-order valence-electron chi connectivity index (χ0n) is 10.2. The van der Waals surface area contributed by atoms with Crippen molar-refractivity contribution in [2.45, 2.75) is 29.9 Å². The molecule has 0 radical (unpaired) electrons. The number of nitrogens with two attached hydrogens (primary N) is 1. The third kappa shape index (κ3) is 3.05. The molecule has 18 heavy (non-hydrogen) atoms. The van der Waals surface area contributed by atoms with E-state index in [9.17, 15) is 4.39 Å². The molecule has 0 unspecified atom stereocenters. The highest BCUT2D eigenvalue weighted by Crippen LogP contribution is 2.31. The average Bonchev–Trinajstić information content (AvgIpc) is 2.31. The van der Waals surface area contributed by atoms with E-state index in [1.165, 1.54) is 23.9 Å². The van der Waals surface area contributed by atoms with Gasteiger partial charge in [0.2, 0.25) is 0 Å². The molecule has 2 aromatic rings. The van der Waals surface area contributed by atoms with Gasteiger partial charge in [-0.3, -0.25) is 0 Å². The van der Waals surface area contributed by atoms with Crippen LogP contribution in [0.25, 0.3) is 0 Å². The molecule has 1 heterocycles. The summed E-state index contributed by atoms with van der Waals surface area (Å²) in [6, 6.07) is 6.20. The third-order valence-electron chi connectivity index (χ3n) is 2.44. The second kappa shape index (κ2) is 5.46. The number of benzene rings is 1. The highest BCUT2D eigenvalue weighted by molar-refractivity contribution is 7.99. The number of nitrogens with zero attached hydrogens (tertiary/aromatic N) is 2. The summed E-state index contributed by atoms with van der Waals surface area (Å²) in [7, 11) is 0. The lowest BCUT2D eigenvalue weighted by Crippen LogP contribution is -2.07. The molecule has 0 aliphatic heterocycles. The topological polar surface area (TPSA) is 51.8 Å². The largest absolute Gasteiger partial charge is 0.324 e. The monoisotopic (exact) mass is 263 g/mol. The van der Waals surface area contributed by atoms with E-state index in [2.05, 4.69) is 9.97 Å². The van der Waals surface area contributed by atoms with Gasteiger partial charge in [-0.1, -0.05) is 0 Å². The zero-order chi connectivity index (χ0) is 13.1. The molecule has 94 valence electrons. The van der Waals surface area contributed by atoms with Crippen LogP contribution in [0, 0.1) is 12.7 Å². The van der Waals surface area contributed by atoms with Crippen LogP contribution in [-0.2, 0) is 0 Å². The highest BCUT2D eigenvalue weighted by atomic mass is 32.2. The summed E-state index contributed by atoms with van der Waals surface area (Å²) < 4.78 is 13.2. The van der Waals surface area contributed by atoms with Crippen LogP contribution in [0.2, 0.25) is 0 Å². The maximum absolute atomic E-state index is 13.2. The predicted octanol–water partition coefficient (Wildman–Crippen LogP) is 3.10. The van der Waals surface area contributed by atoms with Gasteiger partial charge in [0.1, 0.15) is 5.82 Å². The number of hydrogen-bond acceptors (Lipinski definition) is 4. The lowest BCUT2D eigenvalue weighted by molar-refractivity contribution is 0.619. The Bertz CT molecular complexity index is 558. The normalized spacial score (nSPS) is 12.4. The summed E-state index contributed by atoms with van der Waals surface area (Å²) >= 11 is 1.40. The van der Waals surface area contributed by atoms with Crippen LogP contribution in [0.5, 0.6) is 0 Å². The maximum atomic E-state index is 13.2. The molecule has 0 bridgehead atoms. The van der Waals surface area contributed by atoms with Crippen LogP contribution in [0.3, 0.4) is 0 Å². The van der Waals surface area contributed by atoms with Crippen LogP contribution in [0.15, 0.2) is 40.5 Å². The van der Waals surface area contributed by atoms with Gasteiger partial charge in [-0.2, -0.15) is 0 Å². The molecule has 2 N–H and O–H groups in total. The number of halogens is 1. The highest BCUT2D eigenvalue weighted by Gasteiger charge is 2.11. The summed E-state index contributed by atoms with van der Waals surface area (Å²) in [6.45, 7) is 3.73. The van der Waals surface area contributed by atoms with Crippen molar-refractivity contribution in [2.24, 2.45) is 5.73 Å². The SMILES string of the molecule is Cc1ccnc(Sc2ccc(F)cc2[C@@H](C)N)n1. The van der Waals surface area contributed by atoms with Crippen LogP contribution >= 0.6 is 11.8 Å². The van der Waals surface area contributed by atoms with E-state index >= 15 is 0 Å². The summed E-state index contributed by atoms with van der Waals surface area (Å²) in [6.07, 6.45) is 1.71. The fourth-order valence-corrected chi connectivity index (χ4v) is 2.54. The standard InChI is InChI=1S/C13H14FN3S/c1-8-5-6-16-13(17-8)18-12-4-3-10(14)7-11(12)9(2)15/h3-7,9H,15H2,1-2H3/t9-/m1/s1. The summed E-state index contributed by atoms with van der Waals surface area (Å²) in [4.78, 5) is 9.37. The minimum absolute atomic E-state index is 0.229. The van der Waals surface area contributed by atoms with E-state index in [-0.39, 0.29) is 11.9 Å². The van der Waals surface area contributed by atoms with Gasteiger partial charge in [0.05, 0.1) is 0 Å². The Hall–Kier alpha value is -1.46. The van der Waals surface area contributed by atoms with E-state index in [1.54, 1.807) is 12.3 Å². The van der Waals surface area contributed by atoms with Crippen LogP contribution in [0.4, 0.5) is 4.39 Å². The van der Waals surface area contributed by atoms with Gasteiger partial charge in [-0.05, 0) is 55.4 Å². The average molecular weight is 263 g/mol. The molecular weight excluding hydrogens is 249 g/mol. The Balaban J connectivity index is 2.34. The van der Waals surface area contributed by atoms with E-state index in [0.717, 1.165) is 16.2 Å². The first-order valence-corrected chi connectivity index (χ1v) is 6.40. The van der Waals surface area contributed by atoms with Gasteiger partial charge in [0.25, 0.3) is 0 Å². The molecule has 0 spiro atoms. The van der Waals surface area contributed by atoms with Gasteiger partial charge in [0, 0.05) is 22.8 Å². The summed E-state index contributed by atoms with van der Waals surface area (Å²) in [5.41, 5.74) is 7.51. The first kappa shape index (κ1) is 13.0. The Kier molecular flexibility index (Phi) is 3.93. The molecule has 0 amide bonds. The Labute approximate surface area is 110 Å². The van der Waals surface area contributed by atoms with Crippen molar-refractivity contribution < 1.29 is 4.39 Å². The summed E-state index contributed by atoms with van der Waals surface area (Å²) in [5, 5.41) is 0.642. The smallest absolute Gasteiger partial charge is 0.192 e. The molecule has 0 aliphatic rings. The number of aromatic nitrogens is 2. The third-order valence-corrected chi connectivity index (χ3v) is 3.41. The second-order valence-corrected chi connectivity index (χ2v) is 5.06. The van der Waals surface area contributed by atoms with Gasteiger partial charge >= 0.3 is 0 Å². The van der Waals surface area contributed by atoms with Gasteiger partial charge in [-0.15, -0.1) is 0 Å². The number of rotatable bonds is 3. The minimum atomic E-state index is -0.281. The fraction of sp³-hybridized carbons (Fsp3) is 0.231. The number of hydrogen-bond donors (Lipinski definition) is 1. The van der Waals surface area contributed by atoms with E-state index in [4.69, 9.17) is 5.73 Å². The van der Waals surface area contributed by atoms with Crippen molar-refractivity contribution >= 4 is 11.8 Å². The molecule has 3 nitrogen and oxygen atoms in total. The lowest BCUT2D eigenvalue weighted by Gasteiger charge is -2.11. The van der Waals surface area contributed by atoms with E-state index < -0.39 is 0 Å². The van der Waals surface area contributed by atoms with Crippen molar-refractivity contribution in [1.29, 1.82) is 0 Å². The fourth-order valence-electron chi connectivity index (χ4n) is 1.54. The molecule has 0 fully saturated rings. The number of aryl methyl sites for hydroxylation is 1. The zero-order valence-corrected chi connectivity index (χ0v) is 11.0. The van der Waals surface area contributed by atoms with Gasteiger partial charge in [-0.25, -0.2) is 14.4 Å². The predicted molar refractivity (Wildman–Crippen MR) is 69.9 cm³/mol. The molecule has 5 heteroatoms. The van der Waals surface area contributed by atoms with Crippen molar-refractivity contribution in [1.82, 2.24) is 9.97 Å². The van der Waals surface area contributed by atoms with Crippen molar-refractivity contribution in [3.8, 4) is 0 Å². The molecule has 1 aromatic heterocycles. The molecule has 0 saturated heterocycles. The molecule has 0 saturated carbocycles. The van der Waals surface area contributed by atoms with Crippen LogP contribution < -0.4 is 5.73 Å². The lowest BCUT2D eigenvalue weighted by atomic mass is 10.1. The van der Waals surface area contributed by atoms with E-state index in [0.29, 0.717) is 5.16 Å². The molecular formula is C13H14FN3S. The first-order chi connectivity index (χ1) is 8.56. The summed E-state index contributed by atoms with van der Waals surface area (Å²) in [5.74, 6) is -0.281. The second-order valence-electron chi connectivity index (χ2n) is 4.05. The van der Waals surface area contributed by atoms with Gasteiger partial charge in [0.15, 0.2) is 5.16 Å². The van der Waals surface area contributed by atoms with Crippen molar-refractivity contribution in [3.05, 3.63) is 47.5 Å². The Morgan fingerprint density at radius 1 is 1.33 bits per heavy atom. The quantitative estimate of drug-likeness (QED) is 0.865. The van der Waals surface area contributed by atoms with Crippen molar-refractivity contribution in [2.75, 3.05) is 0 Å². The van der Waals surface area contributed by atoms with Crippen LogP contribution in [-0.4, -0.2) is 9.97 Å². The molecule has 1 aromatic carbocycles. The van der Waals surface area contributed by atoms with E-state index in [1.807, 2.05) is 19.9 Å². The Morgan fingerprint density at radius 3 is 2.78 bits per heavy atom. The van der Waals surface area contributed by atoms with Gasteiger partial charge < -0.3 is 5.73 Å².